The molecule has 0 bridgehead atoms. The molecule has 2 heterocycles. The third-order valence-electron chi connectivity index (χ3n) is 6.02. The quantitative estimate of drug-likeness (QED) is 0.439. The van der Waals surface area contributed by atoms with Crippen LogP contribution in [0.5, 0.6) is 5.75 Å². The molecule has 0 unspecified atom stereocenters. The second-order valence-electron chi connectivity index (χ2n) is 10.9. The first-order valence-electron chi connectivity index (χ1n) is 11.9. The maximum Gasteiger partial charge on any atom is 0.220 e. The van der Waals surface area contributed by atoms with Crippen molar-refractivity contribution in [3.05, 3.63) is 59.0 Å². The van der Waals surface area contributed by atoms with Crippen molar-refractivity contribution >= 4 is 23.3 Å². The largest absolute Gasteiger partial charge is 0.507 e. The van der Waals surface area contributed by atoms with Crippen molar-refractivity contribution in [3.63, 3.8) is 0 Å². The SMILES string of the molecule is CSCC[C@H](NC(=O)CCc1cc(C(C)(C)C)c(O)c(C(C)(C)C)c1)c1nnc2ccccn12. The van der Waals surface area contributed by atoms with E-state index in [-0.39, 0.29) is 22.8 Å². The fourth-order valence-electron chi connectivity index (χ4n) is 4.11. The Balaban J connectivity index is 1.80. The molecule has 3 aromatic rings. The van der Waals surface area contributed by atoms with E-state index in [1.165, 1.54) is 0 Å². The van der Waals surface area contributed by atoms with Gasteiger partial charge in [0.1, 0.15) is 5.75 Å². The lowest BCUT2D eigenvalue weighted by molar-refractivity contribution is -0.121. The van der Waals surface area contributed by atoms with Crippen LogP contribution in [0.4, 0.5) is 0 Å². The van der Waals surface area contributed by atoms with Gasteiger partial charge < -0.3 is 10.4 Å². The summed E-state index contributed by atoms with van der Waals surface area (Å²) < 4.78 is 1.94. The molecule has 0 aliphatic heterocycles. The Hall–Kier alpha value is -2.54. The number of aryl methyl sites for hydroxylation is 1. The zero-order valence-corrected chi connectivity index (χ0v) is 22.3. The first-order chi connectivity index (χ1) is 15.9. The molecule has 2 aromatic heterocycles. The van der Waals surface area contributed by atoms with Crippen LogP contribution in [0.3, 0.4) is 0 Å². The lowest BCUT2D eigenvalue weighted by atomic mass is 9.78. The third kappa shape index (κ3) is 6.12. The van der Waals surface area contributed by atoms with E-state index >= 15 is 0 Å². The lowest BCUT2D eigenvalue weighted by Crippen LogP contribution is -2.30. The number of phenols is 1. The summed E-state index contributed by atoms with van der Waals surface area (Å²) in [4.78, 5) is 13.0. The van der Waals surface area contributed by atoms with Crippen LogP contribution in [0.2, 0.25) is 0 Å². The van der Waals surface area contributed by atoms with Crippen molar-refractivity contribution in [1.29, 1.82) is 0 Å². The van der Waals surface area contributed by atoms with Crippen molar-refractivity contribution in [2.45, 2.75) is 77.7 Å². The fraction of sp³-hybridized carbons (Fsp3) is 0.519. The molecule has 34 heavy (non-hydrogen) atoms. The van der Waals surface area contributed by atoms with E-state index < -0.39 is 0 Å². The molecule has 0 saturated heterocycles. The summed E-state index contributed by atoms with van der Waals surface area (Å²) in [5.41, 5.74) is 3.29. The summed E-state index contributed by atoms with van der Waals surface area (Å²) in [6, 6.07) is 9.68. The number of hydrogen-bond donors (Lipinski definition) is 2. The number of thioether (sulfide) groups is 1. The van der Waals surface area contributed by atoms with Gasteiger partial charge in [0, 0.05) is 12.6 Å². The van der Waals surface area contributed by atoms with Crippen LogP contribution >= 0.6 is 11.8 Å². The van der Waals surface area contributed by atoms with E-state index in [1.807, 2.05) is 28.8 Å². The van der Waals surface area contributed by atoms with E-state index in [4.69, 9.17) is 0 Å². The van der Waals surface area contributed by atoms with E-state index in [0.29, 0.717) is 18.6 Å². The predicted octanol–water partition coefficient (Wildman–Crippen LogP) is 5.57. The molecule has 1 amide bonds. The summed E-state index contributed by atoms with van der Waals surface area (Å²) in [5, 5.41) is 22.8. The summed E-state index contributed by atoms with van der Waals surface area (Å²) in [5.74, 6) is 2.02. The molecule has 3 rings (SSSR count). The van der Waals surface area contributed by atoms with Crippen LogP contribution in [0, 0.1) is 0 Å². The number of hydrogen-bond acceptors (Lipinski definition) is 5. The van der Waals surface area contributed by atoms with Crippen LogP contribution in [0.1, 0.15) is 82.9 Å². The first-order valence-corrected chi connectivity index (χ1v) is 13.3. The maximum absolute atomic E-state index is 13.0. The second kappa shape index (κ2) is 10.4. The fourth-order valence-corrected chi connectivity index (χ4v) is 4.58. The standard InChI is InChI=1S/C27H38N4O2S/c1-26(2,3)19-16-18(17-20(24(19)33)27(4,5)6)11-12-23(32)28-21(13-15-34-7)25-30-29-22-10-8-9-14-31(22)25/h8-10,14,16-17,21,33H,11-13,15H2,1-7H3,(H,28,32)/t21-/m0/s1. The molecule has 1 aromatic carbocycles. The number of rotatable bonds is 8. The van der Waals surface area contributed by atoms with Crippen molar-refractivity contribution in [2.24, 2.45) is 0 Å². The summed E-state index contributed by atoms with van der Waals surface area (Å²) in [6.45, 7) is 12.6. The number of nitrogens with zero attached hydrogens (tertiary/aromatic N) is 3. The highest BCUT2D eigenvalue weighted by Gasteiger charge is 2.27. The van der Waals surface area contributed by atoms with Crippen molar-refractivity contribution < 1.29 is 9.90 Å². The molecule has 0 aliphatic carbocycles. The Labute approximate surface area is 207 Å². The van der Waals surface area contributed by atoms with Crippen LogP contribution in [0.25, 0.3) is 5.65 Å². The van der Waals surface area contributed by atoms with Crippen LogP contribution in [-0.4, -0.2) is 37.6 Å². The molecule has 0 spiro atoms. The highest BCUT2D eigenvalue weighted by molar-refractivity contribution is 7.98. The molecule has 6 nitrogen and oxygen atoms in total. The molecular weight excluding hydrogens is 444 g/mol. The Morgan fingerprint density at radius 3 is 2.32 bits per heavy atom. The van der Waals surface area contributed by atoms with E-state index in [0.717, 1.165) is 40.3 Å². The Kier molecular flexibility index (Phi) is 7.96. The van der Waals surface area contributed by atoms with Gasteiger partial charge in [-0.3, -0.25) is 9.20 Å². The molecule has 0 radical (unpaired) electrons. The highest BCUT2D eigenvalue weighted by atomic mass is 32.2. The summed E-state index contributed by atoms with van der Waals surface area (Å²) in [7, 11) is 0. The highest BCUT2D eigenvalue weighted by Crippen LogP contribution is 2.40. The molecular formula is C27H38N4O2S. The van der Waals surface area contributed by atoms with Gasteiger partial charge in [-0.25, -0.2) is 0 Å². The zero-order valence-electron chi connectivity index (χ0n) is 21.5. The maximum atomic E-state index is 13.0. The molecule has 7 heteroatoms. The molecule has 1 atom stereocenters. The second-order valence-corrected chi connectivity index (χ2v) is 11.9. The molecule has 0 saturated carbocycles. The van der Waals surface area contributed by atoms with Crippen molar-refractivity contribution in [2.75, 3.05) is 12.0 Å². The normalized spacial score (nSPS) is 13.3. The number of aromatic hydroxyl groups is 1. The van der Waals surface area contributed by atoms with Crippen molar-refractivity contribution in [1.82, 2.24) is 19.9 Å². The Morgan fingerprint density at radius 1 is 1.09 bits per heavy atom. The van der Waals surface area contributed by atoms with Crippen molar-refractivity contribution in [3.8, 4) is 5.75 Å². The van der Waals surface area contributed by atoms with Gasteiger partial charge in [-0.2, -0.15) is 11.8 Å². The third-order valence-corrected chi connectivity index (χ3v) is 6.67. The van der Waals surface area contributed by atoms with E-state index in [1.54, 1.807) is 11.8 Å². The van der Waals surface area contributed by atoms with Crippen LogP contribution in [-0.2, 0) is 22.0 Å². The minimum atomic E-state index is -0.201. The Bertz CT molecular complexity index is 1110. The number of fused-ring (bicyclic) bond motifs is 1. The first kappa shape index (κ1) is 26.1. The minimum Gasteiger partial charge on any atom is -0.507 e. The Morgan fingerprint density at radius 2 is 1.74 bits per heavy atom. The van der Waals surface area contributed by atoms with Gasteiger partial charge in [-0.15, -0.1) is 10.2 Å². The van der Waals surface area contributed by atoms with Gasteiger partial charge in [0.15, 0.2) is 11.5 Å². The molecule has 0 aliphatic rings. The number of nitrogens with one attached hydrogen (secondary N) is 1. The number of carbonyl (C=O) groups excluding carboxylic acids is 1. The van der Waals surface area contributed by atoms with Gasteiger partial charge in [0.05, 0.1) is 6.04 Å². The van der Waals surface area contributed by atoms with Gasteiger partial charge >= 0.3 is 0 Å². The molecule has 0 fully saturated rings. The van der Waals surface area contributed by atoms with Gasteiger partial charge in [-0.05, 0) is 64.5 Å². The average molecular weight is 483 g/mol. The van der Waals surface area contributed by atoms with Gasteiger partial charge in [0.25, 0.3) is 0 Å². The minimum absolute atomic E-state index is 0.0125. The molecule has 184 valence electrons. The van der Waals surface area contributed by atoms with E-state index in [9.17, 15) is 9.90 Å². The van der Waals surface area contributed by atoms with Gasteiger partial charge in [0.2, 0.25) is 5.91 Å². The average Bonchev–Trinajstić information content (AvgIpc) is 3.18. The summed E-state index contributed by atoms with van der Waals surface area (Å²) in [6.07, 6.45) is 5.75. The monoisotopic (exact) mass is 482 g/mol. The summed E-state index contributed by atoms with van der Waals surface area (Å²) >= 11 is 1.75. The number of aromatic nitrogens is 3. The zero-order chi connectivity index (χ0) is 25.1. The van der Waals surface area contributed by atoms with Crippen LogP contribution < -0.4 is 5.32 Å². The topological polar surface area (TPSA) is 79.5 Å². The number of amides is 1. The van der Waals surface area contributed by atoms with Gasteiger partial charge in [-0.1, -0.05) is 59.7 Å². The van der Waals surface area contributed by atoms with Crippen LogP contribution in [0.15, 0.2) is 36.5 Å². The number of phenolic OH excluding ortho intramolecular Hbond substituents is 1. The number of carbonyl (C=O) groups is 1. The number of pyridine rings is 1. The van der Waals surface area contributed by atoms with E-state index in [2.05, 4.69) is 75.4 Å². The smallest absolute Gasteiger partial charge is 0.220 e. The molecule has 2 N–H and O–H groups in total. The lowest BCUT2D eigenvalue weighted by Gasteiger charge is -2.28. The number of benzene rings is 1. The predicted molar refractivity (Wildman–Crippen MR) is 141 cm³/mol.